The van der Waals surface area contributed by atoms with Crippen LogP contribution in [0.15, 0.2) is 78.2 Å². The summed E-state index contributed by atoms with van der Waals surface area (Å²) in [7, 11) is 0. The predicted octanol–water partition coefficient (Wildman–Crippen LogP) is 4.89. The molecule has 2 aromatic carbocycles. The van der Waals surface area contributed by atoms with Crippen LogP contribution in [-0.4, -0.2) is 35.7 Å². The van der Waals surface area contributed by atoms with Gasteiger partial charge in [-0.15, -0.1) is 11.3 Å². The minimum Gasteiger partial charge on any atom is -0.339 e. The number of hydrogen-bond donors (Lipinski definition) is 2. The molecular formula is C26H25N3O3S. The number of hydrogen-bond acceptors (Lipinski definition) is 4. The highest BCUT2D eigenvalue weighted by molar-refractivity contribution is 7.12. The van der Waals surface area contributed by atoms with Crippen LogP contribution in [0, 0.1) is 5.92 Å². The zero-order chi connectivity index (χ0) is 23.0. The molecule has 1 aliphatic rings. The lowest BCUT2D eigenvalue weighted by Crippen LogP contribution is -2.40. The molecule has 0 spiro atoms. The number of likely N-dealkylation sites (tertiary alicyclic amines) is 1. The number of nitrogens with one attached hydrogen (secondary N) is 2. The summed E-state index contributed by atoms with van der Waals surface area (Å²) in [5.41, 5.74) is 2.24. The summed E-state index contributed by atoms with van der Waals surface area (Å²) < 4.78 is 0. The van der Waals surface area contributed by atoms with Crippen molar-refractivity contribution >= 4 is 46.5 Å². The predicted molar refractivity (Wildman–Crippen MR) is 132 cm³/mol. The Labute approximate surface area is 196 Å². The summed E-state index contributed by atoms with van der Waals surface area (Å²) in [6.45, 7) is 1.10. The Morgan fingerprint density at radius 2 is 1.61 bits per heavy atom. The number of nitrogens with zero attached hydrogens (tertiary/aromatic N) is 1. The van der Waals surface area contributed by atoms with Crippen LogP contribution in [-0.2, 0) is 9.59 Å². The van der Waals surface area contributed by atoms with Crippen molar-refractivity contribution in [1.82, 2.24) is 4.90 Å². The first-order chi connectivity index (χ1) is 16.1. The monoisotopic (exact) mass is 459 g/mol. The lowest BCUT2D eigenvalue weighted by atomic mass is 9.95. The zero-order valence-electron chi connectivity index (χ0n) is 18.1. The number of benzene rings is 2. The van der Waals surface area contributed by atoms with Crippen molar-refractivity contribution in [3.63, 3.8) is 0 Å². The van der Waals surface area contributed by atoms with Gasteiger partial charge in [0, 0.05) is 36.5 Å². The molecule has 1 saturated heterocycles. The standard InChI is InChI=1S/C26H25N3O3S/c30-24(12-11-19-6-2-1-3-7-19)29-15-13-20(14-16-29)25(31)27-21-8-4-9-22(18-21)28-26(32)23-10-5-17-33-23/h1-12,17-18,20H,13-16H2,(H,27,31)(H,28,32)/b12-11+. The van der Waals surface area contributed by atoms with Crippen molar-refractivity contribution in [1.29, 1.82) is 0 Å². The van der Waals surface area contributed by atoms with Gasteiger partial charge in [0.15, 0.2) is 0 Å². The summed E-state index contributed by atoms with van der Waals surface area (Å²) in [5, 5.41) is 7.65. The van der Waals surface area contributed by atoms with Gasteiger partial charge < -0.3 is 15.5 Å². The second-order valence-electron chi connectivity index (χ2n) is 7.85. The summed E-state index contributed by atoms with van der Waals surface area (Å²) in [5.74, 6) is -0.432. The molecule has 2 N–H and O–H groups in total. The van der Waals surface area contributed by atoms with E-state index in [1.165, 1.54) is 11.3 Å². The smallest absolute Gasteiger partial charge is 0.265 e. The number of carbonyl (C=O) groups is 3. The van der Waals surface area contributed by atoms with Gasteiger partial charge in [0.2, 0.25) is 11.8 Å². The van der Waals surface area contributed by atoms with E-state index < -0.39 is 0 Å². The molecule has 6 nitrogen and oxygen atoms in total. The molecule has 1 fully saturated rings. The van der Waals surface area contributed by atoms with E-state index in [9.17, 15) is 14.4 Å². The highest BCUT2D eigenvalue weighted by Gasteiger charge is 2.26. The average molecular weight is 460 g/mol. The van der Waals surface area contributed by atoms with Crippen molar-refractivity contribution in [3.05, 3.63) is 88.6 Å². The molecule has 2 heterocycles. The molecule has 1 aromatic heterocycles. The number of piperidine rings is 1. The molecular weight excluding hydrogens is 434 g/mol. The molecule has 0 atom stereocenters. The third-order valence-corrected chi connectivity index (χ3v) is 6.40. The van der Waals surface area contributed by atoms with Crippen molar-refractivity contribution < 1.29 is 14.4 Å². The SMILES string of the molecule is O=C(Nc1cccc(NC(=O)C2CCN(C(=O)/C=C/c3ccccc3)CC2)c1)c1cccs1. The topological polar surface area (TPSA) is 78.5 Å². The second kappa shape index (κ2) is 10.7. The van der Waals surface area contributed by atoms with Gasteiger partial charge in [-0.2, -0.15) is 0 Å². The van der Waals surface area contributed by atoms with E-state index in [2.05, 4.69) is 10.6 Å². The lowest BCUT2D eigenvalue weighted by molar-refractivity contribution is -0.130. The molecule has 7 heteroatoms. The highest BCUT2D eigenvalue weighted by atomic mass is 32.1. The molecule has 3 aromatic rings. The van der Waals surface area contributed by atoms with E-state index in [0.29, 0.717) is 42.2 Å². The maximum atomic E-state index is 12.8. The van der Waals surface area contributed by atoms with Crippen molar-refractivity contribution in [3.8, 4) is 0 Å². The van der Waals surface area contributed by atoms with Gasteiger partial charge in [-0.3, -0.25) is 14.4 Å². The zero-order valence-corrected chi connectivity index (χ0v) is 18.9. The summed E-state index contributed by atoms with van der Waals surface area (Å²) in [6.07, 6.45) is 4.63. The van der Waals surface area contributed by atoms with Gasteiger partial charge in [-0.05, 0) is 54.1 Å². The normalized spacial score (nSPS) is 14.2. The van der Waals surface area contributed by atoms with Gasteiger partial charge in [-0.25, -0.2) is 0 Å². The molecule has 1 aliphatic heterocycles. The Bertz CT molecular complexity index is 1130. The second-order valence-corrected chi connectivity index (χ2v) is 8.79. The van der Waals surface area contributed by atoms with E-state index in [1.807, 2.05) is 47.9 Å². The van der Waals surface area contributed by atoms with E-state index in [0.717, 1.165) is 5.56 Å². The fourth-order valence-corrected chi connectivity index (χ4v) is 4.34. The van der Waals surface area contributed by atoms with Crippen molar-refractivity contribution in [2.75, 3.05) is 23.7 Å². The Balaban J connectivity index is 1.27. The summed E-state index contributed by atoms with van der Waals surface area (Å²) >= 11 is 1.37. The molecule has 33 heavy (non-hydrogen) atoms. The van der Waals surface area contributed by atoms with Crippen LogP contribution < -0.4 is 10.6 Å². The van der Waals surface area contributed by atoms with E-state index >= 15 is 0 Å². The first-order valence-corrected chi connectivity index (χ1v) is 11.7. The average Bonchev–Trinajstić information content (AvgIpc) is 3.39. The Morgan fingerprint density at radius 3 is 2.30 bits per heavy atom. The Hall–Kier alpha value is -3.71. The first kappa shape index (κ1) is 22.5. The number of anilines is 2. The molecule has 0 radical (unpaired) electrons. The Morgan fingerprint density at radius 1 is 0.879 bits per heavy atom. The van der Waals surface area contributed by atoms with E-state index in [-0.39, 0.29) is 23.6 Å². The third kappa shape index (κ3) is 6.17. The van der Waals surface area contributed by atoms with Gasteiger partial charge in [0.1, 0.15) is 0 Å². The fourth-order valence-electron chi connectivity index (χ4n) is 3.72. The quantitative estimate of drug-likeness (QED) is 0.515. The largest absolute Gasteiger partial charge is 0.339 e. The molecule has 4 rings (SSSR count). The molecule has 168 valence electrons. The molecule has 3 amide bonds. The van der Waals surface area contributed by atoms with Crippen LogP contribution in [0.1, 0.15) is 28.1 Å². The molecule has 0 unspecified atom stereocenters. The van der Waals surface area contributed by atoms with Crippen LogP contribution in [0.5, 0.6) is 0 Å². The van der Waals surface area contributed by atoms with Crippen LogP contribution in [0.25, 0.3) is 6.08 Å². The molecule has 0 aliphatic carbocycles. The van der Waals surface area contributed by atoms with Gasteiger partial charge in [0.25, 0.3) is 5.91 Å². The van der Waals surface area contributed by atoms with Crippen LogP contribution in [0.4, 0.5) is 11.4 Å². The van der Waals surface area contributed by atoms with Crippen molar-refractivity contribution in [2.45, 2.75) is 12.8 Å². The van der Waals surface area contributed by atoms with Gasteiger partial charge in [-0.1, -0.05) is 42.5 Å². The van der Waals surface area contributed by atoms with Crippen LogP contribution in [0.3, 0.4) is 0 Å². The number of rotatable bonds is 6. The number of amides is 3. The minimum atomic E-state index is -0.174. The lowest BCUT2D eigenvalue weighted by Gasteiger charge is -2.30. The molecule has 0 bridgehead atoms. The Kier molecular flexibility index (Phi) is 7.32. The maximum Gasteiger partial charge on any atom is 0.265 e. The molecule has 0 saturated carbocycles. The van der Waals surface area contributed by atoms with Crippen molar-refractivity contribution in [2.24, 2.45) is 5.92 Å². The number of thiophene rings is 1. The summed E-state index contributed by atoms with van der Waals surface area (Å²) in [4.78, 5) is 39.9. The summed E-state index contributed by atoms with van der Waals surface area (Å²) in [6, 6.07) is 20.4. The maximum absolute atomic E-state index is 12.8. The fraction of sp³-hybridized carbons (Fsp3) is 0.192. The number of carbonyl (C=O) groups excluding carboxylic acids is 3. The highest BCUT2D eigenvalue weighted by Crippen LogP contribution is 2.22. The van der Waals surface area contributed by atoms with E-state index in [1.54, 1.807) is 41.3 Å². The van der Waals surface area contributed by atoms with Crippen LogP contribution >= 0.6 is 11.3 Å². The third-order valence-electron chi connectivity index (χ3n) is 5.53. The van der Waals surface area contributed by atoms with Gasteiger partial charge >= 0.3 is 0 Å². The van der Waals surface area contributed by atoms with Crippen LogP contribution in [0.2, 0.25) is 0 Å². The van der Waals surface area contributed by atoms with E-state index in [4.69, 9.17) is 0 Å². The minimum absolute atomic E-state index is 0.0353. The van der Waals surface area contributed by atoms with Gasteiger partial charge in [0.05, 0.1) is 4.88 Å². The first-order valence-electron chi connectivity index (χ1n) is 10.9.